The van der Waals surface area contributed by atoms with Gasteiger partial charge in [0.15, 0.2) is 0 Å². The van der Waals surface area contributed by atoms with E-state index in [1.54, 1.807) is 0 Å². The Balaban J connectivity index is 2.76. The van der Waals surface area contributed by atoms with Crippen LogP contribution in [0.25, 0.3) is 0 Å². The average molecular weight is 244 g/mol. The largest absolute Gasteiger partial charge is 0.382 e. The van der Waals surface area contributed by atoms with E-state index in [1.165, 1.54) is 6.20 Å². The molecule has 1 heterocycles. The van der Waals surface area contributed by atoms with Gasteiger partial charge in [-0.15, -0.1) is 0 Å². The quantitative estimate of drug-likeness (QED) is 0.854. The van der Waals surface area contributed by atoms with Crippen LogP contribution in [0.5, 0.6) is 0 Å². The zero-order valence-corrected chi connectivity index (χ0v) is 10.9. The van der Waals surface area contributed by atoms with Crippen LogP contribution in [-0.4, -0.2) is 16.7 Å². The zero-order valence-electron chi connectivity index (χ0n) is 10.1. The SMILES string of the molecule is CC(C)C(C)(C)CNc1cn[nH]c(=O)c1Cl. The molecule has 0 aliphatic heterocycles. The first-order valence-electron chi connectivity index (χ1n) is 5.31. The summed E-state index contributed by atoms with van der Waals surface area (Å²) in [6.45, 7) is 9.41. The first-order valence-corrected chi connectivity index (χ1v) is 5.69. The third kappa shape index (κ3) is 2.98. The van der Waals surface area contributed by atoms with Crippen molar-refractivity contribution in [2.45, 2.75) is 27.7 Å². The Morgan fingerprint density at radius 3 is 2.75 bits per heavy atom. The second-order valence-electron chi connectivity index (χ2n) is 4.92. The van der Waals surface area contributed by atoms with Crippen LogP contribution in [0, 0.1) is 11.3 Å². The minimum Gasteiger partial charge on any atom is -0.382 e. The number of nitrogens with zero attached hydrogens (tertiary/aromatic N) is 1. The Hall–Kier alpha value is -1.03. The maximum absolute atomic E-state index is 11.2. The number of nitrogens with one attached hydrogen (secondary N) is 2. The van der Waals surface area contributed by atoms with E-state index >= 15 is 0 Å². The molecule has 0 aliphatic rings. The molecule has 0 radical (unpaired) electrons. The Morgan fingerprint density at radius 1 is 1.56 bits per heavy atom. The van der Waals surface area contributed by atoms with Crippen molar-refractivity contribution >= 4 is 17.3 Å². The van der Waals surface area contributed by atoms with E-state index in [2.05, 4.69) is 43.2 Å². The Kier molecular flexibility index (Phi) is 3.97. The summed E-state index contributed by atoms with van der Waals surface area (Å²) in [5.41, 5.74) is 0.347. The molecule has 0 aromatic carbocycles. The molecule has 1 rings (SSSR count). The molecule has 0 bridgehead atoms. The van der Waals surface area contributed by atoms with Gasteiger partial charge in [0.25, 0.3) is 5.56 Å². The van der Waals surface area contributed by atoms with Crippen molar-refractivity contribution < 1.29 is 0 Å². The van der Waals surface area contributed by atoms with Gasteiger partial charge in [-0.1, -0.05) is 39.3 Å². The standard InChI is InChI=1S/C11H18ClN3O/c1-7(2)11(3,4)6-13-8-5-14-15-10(16)9(8)12/h5,7H,6H2,1-4H3,(H2,13,15,16). The van der Waals surface area contributed by atoms with Gasteiger partial charge in [0.1, 0.15) is 5.02 Å². The predicted molar refractivity (Wildman–Crippen MR) is 67.0 cm³/mol. The minimum atomic E-state index is -0.367. The highest BCUT2D eigenvalue weighted by molar-refractivity contribution is 6.32. The lowest BCUT2D eigenvalue weighted by atomic mass is 9.81. The van der Waals surface area contributed by atoms with Crippen LogP contribution in [0.15, 0.2) is 11.0 Å². The summed E-state index contributed by atoms with van der Waals surface area (Å²) in [5.74, 6) is 0.536. The molecule has 4 nitrogen and oxygen atoms in total. The van der Waals surface area contributed by atoms with Crippen molar-refractivity contribution in [3.8, 4) is 0 Å². The highest BCUT2D eigenvalue weighted by Gasteiger charge is 2.22. The molecular weight excluding hydrogens is 226 g/mol. The van der Waals surface area contributed by atoms with Crippen LogP contribution in [0.1, 0.15) is 27.7 Å². The van der Waals surface area contributed by atoms with E-state index in [0.29, 0.717) is 11.6 Å². The van der Waals surface area contributed by atoms with Gasteiger partial charge in [0.2, 0.25) is 0 Å². The van der Waals surface area contributed by atoms with Gasteiger partial charge in [-0.05, 0) is 11.3 Å². The van der Waals surface area contributed by atoms with E-state index in [9.17, 15) is 4.79 Å². The van der Waals surface area contributed by atoms with E-state index in [4.69, 9.17) is 11.6 Å². The average Bonchev–Trinajstić information content (AvgIpc) is 2.20. The van der Waals surface area contributed by atoms with Crippen LogP contribution >= 0.6 is 11.6 Å². The number of hydrogen-bond acceptors (Lipinski definition) is 3. The van der Waals surface area contributed by atoms with Gasteiger partial charge in [-0.25, -0.2) is 5.10 Å². The van der Waals surface area contributed by atoms with Crippen LogP contribution in [0.3, 0.4) is 0 Å². The van der Waals surface area contributed by atoms with Gasteiger partial charge < -0.3 is 5.32 Å². The molecule has 0 aliphatic carbocycles. The fourth-order valence-corrected chi connectivity index (χ4v) is 1.19. The normalized spacial score (nSPS) is 11.9. The molecule has 0 fully saturated rings. The molecule has 5 heteroatoms. The second kappa shape index (κ2) is 4.87. The highest BCUT2D eigenvalue weighted by atomic mass is 35.5. The summed E-state index contributed by atoms with van der Waals surface area (Å²) in [5, 5.41) is 9.31. The zero-order chi connectivity index (χ0) is 12.3. The molecule has 90 valence electrons. The topological polar surface area (TPSA) is 57.8 Å². The molecule has 1 aromatic rings. The van der Waals surface area contributed by atoms with Crippen molar-refractivity contribution in [3.05, 3.63) is 21.6 Å². The number of hydrogen-bond donors (Lipinski definition) is 2. The highest BCUT2D eigenvalue weighted by Crippen LogP contribution is 2.27. The molecule has 0 spiro atoms. The molecule has 16 heavy (non-hydrogen) atoms. The molecule has 0 amide bonds. The van der Waals surface area contributed by atoms with Crippen molar-refractivity contribution in [3.63, 3.8) is 0 Å². The van der Waals surface area contributed by atoms with Crippen LogP contribution in [0.4, 0.5) is 5.69 Å². The van der Waals surface area contributed by atoms with Gasteiger partial charge in [-0.3, -0.25) is 4.79 Å². The molecule has 0 unspecified atom stereocenters. The van der Waals surface area contributed by atoms with Gasteiger partial charge in [0.05, 0.1) is 11.9 Å². The van der Waals surface area contributed by atoms with Crippen LogP contribution in [0.2, 0.25) is 5.02 Å². The van der Waals surface area contributed by atoms with E-state index < -0.39 is 0 Å². The lowest BCUT2D eigenvalue weighted by Crippen LogP contribution is -2.29. The first-order chi connectivity index (χ1) is 7.34. The molecule has 1 aromatic heterocycles. The fourth-order valence-electron chi connectivity index (χ4n) is 1.03. The maximum atomic E-state index is 11.2. The summed E-state index contributed by atoms with van der Waals surface area (Å²) >= 11 is 5.86. The van der Waals surface area contributed by atoms with Crippen molar-refractivity contribution in [2.24, 2.45) is 11.3 Å². The first kappa shape index (κ1) is 13.0. The van der Waals surface area contributed by atoms with Crippen LogP contribution in [-0.2, 0) is 0 Å². The van der Waals surface area contributed by atoms with Crippen LogP contribution < -0.4 is 10.9 Å². The van der Waals surface area contributed by atoms with E-state index in [-0.39, 0.29) is 16.0 Å². The molecule has 2 N–H and O–H groups in total. The predicted octanol–water partition coefficient (Wildman–Crippen LogP) is 2.52. The fraction of sp³-hybridized carbons (Fsp3) is 0.636. The van der Waals surface area contributed by atoms with Gasteiger partial charge in [0, 0.05) is 6.54 Å². The number of halogens is 1. The molecule has 0 saturated heterocycles. The minimum absolute atomic E-state index is 0.131. The monoisotopic (exact) mass is 243 g/mol. The molecule has 0 atom stereocenters. The molecular formula is C11H18ClN3O. The van der Waals surface area contributed by atoms with E-state index in [0.717, 1.165) is 6.54 Å². The maximum Gasteiger partial charge on any atom is 0.285 e. The Bertz CT molecular complexity index is 412. The summed E-state index contributed by atoms with van der Waals surface area (Å²) in [6.07, 6.45) is 1.53. The van der Waals surface area contributed by atoms with Crippen molar-refractivity contribution in [2.75, 3.05) is 11.9 Å². The number of aromatic amines is 1. The summed E-state index contributed by atoms with van der Waals surface area (Å²) in [4.78, 5) is 11.2. The Labute approximate surface area is 100 Å². The number of aromatic nitrogens is 2. The molecule has 0 saturated carbocycles. The smallest absolute Gasteiger partial charge is 0.285 e. The summed E-state index contributed by atoms with van der Waals surface area (Å²) < 4.78 is 0. The number of rotatable bonds is 4. The number of H-pyrrole nitrogens is 1. The lowest BCUT2D eigenvalue weighted by molar-refractivity contribution is 0.269. The van der Waals surface area contributed by atoms with E-state index in [1.807, 2.05) is 0 Å². The van der Waals surface area contributed by atoms with Gasteiger partial charge >= 0.3 is 0 Å². The van der Waals surface area contributed by atoms with Crippen molar-refractivity contribution in [1.29, 1.82) is 0 Å². The number of anilines is 1. The Morgan fingerprint density at radius 2 is 2.19 bits per heavy atom. The third-order valence-corrected chi connectivity index (χ3v) is 3.47. The lowest BCUT2D eigenvalue weighted by Gasteiger charge is -2.29. The third-order valence-electron chi connectivity index (χ3n) is 3.09. The summed E-state index contributed by atoms with van der Waals surface area (Å²) in [7, 11) is 0. The summed E-state index contributed by atoms with van der Waals surface area (Å²) in [6, 6.07) is 0. The van der Waals surface area contributed by atoms with Gasteiger partial charge in [-0.2, -0.15) is 5.10 Å². The second-order valence-corrected chi connectivity index (χ2v) is 5.30. The van der Waals surface area contributed by atoms with Crippen molar-refractivity contribution in [1.82, 2.24) is 10.2 Å².